The van der Waals surface area contributed by atoms with E-state index in [4.69, 9.17) is 27.6 Å². The van der Waals surface area contributed by atoms with Gasteiger partial charge >= 0.3 is 0 Å². The van der Waals surface area contributed by atoms with Crippen LogP contribution in [0.3, 0.4) is 0 Å². The van der Waals surface area contributed by atoms with Gasteiger partial charge in [-0.3, -0.25) is 4.79 Å². The molecule has 0 aliphatic rings. The van der Waals surface area contributed by atoms with E-state index >= 15 is 0 Å². The summed E-state index contributed by atoms with van der Waals surface area (Å²) in [6.07, 6.45) is 0.837. The van der Waals surface area contributed by atoms with Gasteiger partial charge in [0.1, 0.15) is 5.76 Å². The van der Waals surface area contributed by atoms with Crippen LogP contribution in [0.4, 0.5) is 5.69 Å². The fourth-order valence-corrected chi connectivity index (χ4v) is 2.94. The number of halogens is 2. The van der Waals surface area contributed by atoms with E-state index in [-0.39, 0.29) is 11.7 Å². The van der Waals surface area contributed by atoms with Crippen LogP contribution in [0, 0.1) is 6.92 Å². The van der Waals surface area contributed by atoms with Crippen LogP contribution in [0.2, 0.25) is 10.0 Å². The summed E-state index contributed by atoms with van der Waals surface area (Å²) in [6, 6.07) is 14.6. The molecule has 1 amide bonds. The highest BCUT2D eigenvalue weighted by molar-refractivity contribution is 6.42. The van der Waals surface area contributed by atoms with Gasteiger partial charge in [0.15, 0.2) is 5.76 Å². The second-order valence-electron chi connectivity index (χ2n) is 5.71. The van der Waals surface area contributed by atoms with Crippen molar-refractivity contribution in [1.29, 1.82) is 0 Å². The van der Waals surface area contributed by atoms with Crippen LogP contribution in [-0.2, 0) is 6.42 Å². The van der Waals surface area contributed by atoms with Crippen molar-refractivity contribution >= 4 is 34.8 Å². The first-order valence-electron chi connectivity index (χ1n) is 7.94. The number of furan rings is 1. The maximum Gasteiger partial charge on any atom is 0.291 e. The van der Waals surface area contributed by atoms with Crippen LogP contribution in [0.25, 0.3) is 11.3 Å². The molecule has 0 bridgehead atoms. The SMILES string of the molecule is CCc1cccc(C)c1NC(=O)c1ccc(-c2ccc(Cl)c(Cl)c2)o1. The molecule has 0 unspecified atom stereocenters. The lowest BCUT2D eigenvalue weighted by molar-refractivity contribution is 0.0997. The van der Waals surface area contributed by atoms with Crippen LogP contribution in [0.15, 0.2) is 52.9 Å². The smallest absolute Gasteiger partial charge is 0.291 e. The molecule has 1 N–H and O–H groups in total. The topological polar surface area (TPSA) is 42.2 Å². The van der Waals surface area contributed by atoms with Crippen LogP contribution in [0.1, 0.15) is 28.6 Å². The second-order valence-corrected chi connectivity index (χ2v) is 6.52. The van der Waals surface area contributed by atoms with Crippen molar-refractivity contribution in [2.45, 2.75) is 20.3 Å². The minimum absolute atomic E-state index is 0.242. The quantitative estimate of drug-likeness (QED) is 0.576. The van der Waals surface area contributed by atoms with Crippen LogP contribution in [-0.4, -0.2) is 5.91 Å². The highest BCUT2D eigenvalue weighted by Gasteiger charge is 2.15. The fourth-order valence-electron chi connectivity index (χ4n) is 2.64. The molecule has 0 aliphatic heterocycles. The van der Waals surface area contributed by atoms with Crippen molar-refractivity contribution < 1.29 is 9.21 Å². The highest BCUT2D eigenvalue weighted by Crippen LogP contribution is 2.30. The van der Waals surface area contributed by atoms with Gasteiger partial charge in [0, 0.05) is 11.3 Å². The van der Waals surface area contributed by atoms with E-state index in [0.29, 0.717) is 15.8 Å². The number of rotatable bonds is 4. The number of nitrogens with one attached hydrogen (secondary N) is 1. The van der Waals surface area contributed by atoms with Gasteiger partial charge in [0.05, 0.1) is 10.0 Å². The van der Waals surface area contributed by atoms with E-state index < -0.39 is 0 Å². The molecule has 0 aliphatic carbocycles. The third-order valence-electron chi connectivity index (χ3n) is 4.01. The van der Waals surface area contributed by atoms with Gasteiger partial charge in [0.25, 0.3) is 5.91 Å². The van der Waals surface area contributed by atoms with Crippen molar-refractivity contribution in [3.63, 3.8) is 0 Å². The fraction of sp³-hybridized carbons (Fsp3) is 0.150. The Morgan fingerprint density at radius 3 is 2.60 bits per heavy atom. The summed E-state index contributed by atoms with van der Waals surface area (Å²) >= 11 is 12.0. The molecule has 5 heteroatoms. The summed E-state index contributed by atoms with van der Waals surface area (Å²) in [5.74, 6) is 0.519. The van der Waals surface area contributed by atoms with E-state index in [1.165, 1.54) is 0 Å². The molecule has 3 rings (SSSR count). The maximum absolute atomic E-state index is 12.5. The molecule has 3 aromatic rings. The summed E-state index contributed by atoms with van der Waals surface area (Å²) in [4.78, 5) is 12.5. The number of benzene rings is 2. The Morgan fingerprint density at radius 1 is 1.08 bits per heavy atom. The third-order valence-corrected chi connectivity index (χ3v) is 4.75. The molecular weight excluding hydrogens is 357 g/mol. The van der Waals surface area contributed by atoms with Gasteiger partial charge < -0.3 is 9.73 Å². The van der Waals surface area contributed by atoms with E-state index in [1.54, 1.807) is 30.3 Å². The van der Waals surface area contributed by atoms with Crippen LogP contribution in [0.5, 0.6) is 0 Å². The van der Waals surface area contributed by atoms with Gasteiger partial charge in [-0.2, -0.15) is 0 Å². The number of hydrogen-bond acceptors (Lipinski definition) is 2. The number of para-hydroxylation sites is 1. The number of carbonyl (C=O) groups is 1. The Hall–Kier alpha value is -2.23. The average Bonchev–Trinajstić information content (AvgIpc) is 3.09. The molecule has 1 aromatic heterocycles. The van der Waals surface area contributed by atoms with Crippen molar-refractivity contribution in [2.75, 3.05) is 5.32 Å². The summed E-state index contributed by atoms with van der Waals surface area (Å²) in [7, 11) is 0. The Morgan fingerprint density at radius 2 is 1.88 bits per heavy atom. The number of aryl methyl sites for hydroxylation is 2. The van der Waals surface area contributed by atoms with E-state index in [9.17, 15) is 4.79 Å². The van der Waals surface area contributed by atoms with Crippen molar-refractivity contribution in [1.82, 2.24) is 0 Å². The van der Waals surface area contributed by atoms with Crippen LogP contribution >= 0.6 is 23.2 Å². The van der Waals surface area contributed by atoms with E-state index in [2.05, 4.69) is 12.2 Å². The van der Waals surface area contributed by atoms with E-state index in [0.717, 1.165) is 28.8 Å². The molecule has 0 saturated carbocycles. The van der Waals surface area contributed by atoms with E-state index in [1.807, 2.05) is 25.1 Å². The average molecular weight is 374 g/mol. The Kier molecular flexibility index (Phi) is 5.16. The standard InChI is InChI=1S/C20H17Cl2NO2/c1-3-13-6-4-5-12(2)19(13)23-20(24)18-10-9-17(25-18)14-7-8-15(21)16(22)11-14/h4-11H,3H2,1-2H3,(H,23,24). The number of anilines is 1. The summed E-state index contributed by atoms with van der Waals surface area (Å²) in [5, 5.41) is 3.86. The lowest BCUT2D eigenvalue weighted by atomic mass is 10.1. The number of hydrogen-bond donors (Lipinski definition) is 1. The molecule has 0 saturated heterocycles. The molecule has 0 radical (unpaired) electrons. The zero-order valence-electron chi connectivity index (χ0n) is 13.9. The monoisotopic (exact) mass is 373 g/mol. The Bertz CT molecular complexity index is 931. The lowest BCUT2D eigenvalue weighted by Crippen LogP contribution is -2.13. The summed E-state index contributed by atoms with van der Waals surface area (Å²) in [5.41, 5.74) is 3.70. The summed E-state index contributed by atoms with van der Waals surface area (Å²) in [6.45, 7) is 4.03. The lowest BCUT2D eigenvalue weighted by Gasteiger charge is -2.11. The molecule has 0 spiro atoms. The Balaban J connectivity index is 1.85. The molecule has 2 aromatic carbocycles. The van der Waals surface area contributed by atoms with Gasteiger partial charge in [-0.05, 0) is 54.8 Å². The molecule has 128 valence electrons. The predicted octanol–water partition coefficient (Wildman–Crippen LogP) is 6.38. The van der Waals surface area contributed by atoms with Crippen molar-refractivity contribution in [2.24, 2.45) is 0 Å². The first-order valence-corrected chi connectivity index (χ1v) is 8.70. The van der Waals surface area contributed by atoms with Gasteiger partial charge in [-0.1, -0.05) is 48.3 Å². The number of amides is 1. The van der Waals surface area contributed by atoms with Gasteiger partial charge in [-0.15, -0.1) is 0 Å². The molecule has 0 fully saturated rings. The molecule has 3 nitrogen and oxygen atoms in total. The van der Waals surface area contributed by atoms with Crippen LogP contribution < -0.4 is 5.32 Å². The molecule has 25 heavy (non-hydrogen) atoms. The predicted molar refractivity (Wildman–Crippen MR) is 103 cm³/mol. The first kappa shape index (κ1) is 17.6. The Labute approximate surface area is 156 Å². The number of carbonyl (C=O) groups excluding carboxylic acids is 1. The highest BCUT2D eigenvalue weighted by atomic mass is 35.5. The van der Waals surface area contributed by atoms with Crippen molar-refractivity contribution in [3.8, 4) is 11.3 Å². The second kappa shape index (κ2) is 7.34. The largest absolute Gasteiger partial charge is 0.451 e. The van der Waals surface area contributed by atoms with Gasteiger partial charge in [0.2, 0.25) is 0 Å². The zero-order chi connectivity index (χ0) is 18.0. The molecular formula is C20H17Cl2NO2. The zero-order valence-corrected chi connectivity index (χ0v) is 15.4. The third kappa shape index (κ3) is 3.73. The minimum atomic E-state index is -0.282. The summed E-state index contributed by atoms with van der Waals surface area (Å²) < 4.78 is 5.70. The molecule has 0 atom stereocenters. The maximum atomic E-state index is 12.5. The van der Waals surface area contributed by atoms with Gasteiger partial charge in [-0.25, -0.2) is 0 Å². The molecule has 1 heterocycles. The minimum Gasteiger partial charge on any atom is -0.451 e. The first-order chi connectivity index (χ1) is 12.0. The van der Waals surface area contributed by atoms with Crippen molar-refractivity contribution in [3.05, 3.63) is 75.5 Å². The normalized spacial score (nSPS) is 10.7.